The summed E-state index contributed by atoms with van der Waals surface area (Å²) in [5.74, 6) is -0.0132. The summed E-state index contributed by atoms with van der Waals surface area (Å²) >= 11 is 0. The van der Waals surface area contributed by atoms with E-state index in [0.717, 1.165) is 119 Å². The SMILES string of the molecule is C[C@@H](c1cc2c(-c3ncc(N)cc3F)ccnc2n1C)N1CCC(c2ccc(C(=O)N3CCC(CN4CCCC(c5ccc(NC6CC[N+](=O)C6=O)cc5F)CC4)CC3)cc2)CC1. The smallest absolute Gasteiger partial charge is 0.397 e. The minimum absolute atomic E-state index is 0.106. The van der Waals surface area contributed by atoms with Gasteiger partial charge in [0.15, 0.2) is 11.9 Å². The maximum absolute atomic E-state index is 15.3. The third kappa shape index (κ3) is 8.97. The first-order chi connectivity index (χ1) is 30.5. The van der Waals surface area contributed by atoms with Crippen LogP contribution in [-0.4, -0.2) is 104 Å². The first kappa shape index (κ1) is 42.7. The summed E-state index contributed by atoms with van der Waals surface area (Å²) in [4.78, 5) is 53.2. The van der Waals surface area contributed by atoms with E-state index < -0.39 is 17.8 Å². The van der Waals surface area contributed by atoms with Crippen LogP contribution in [0.5, 0.6) is 0 Å². The predicted molar refractivity (Wildman–Crippen MR) is 240 cm³/mol. The maximum Gasteiger partial charge on any atom is 0.455 e. The van der Waals surface area contributed by atoms with E-state index in [0.29, 0.717) is 34.3 Å². The average Bonchev–Trinajstić information content (AvgIpc) is 3.69. The number of piperidine rings is 2. The third-order valence-corrected chi connectivity index (χ3v) is 14.4. The number of hydrogen-bond donors (Lipinski definition) is 2. The second-order valence-corrected chi connectivity index (χ2v) is 18.3. The lowest BCUT2D eigenvalue weighted by Crippen LogP contribution is -2.41. The molecule has 0 spiro atoms. The summed E-state index contributed by atoms with van der Waals surface area (Å²) < 4.78 is 32.8. The predicted octanol–water partition coefficient (Wildman–Crippen LogP) is 8.05. The average molecular weight is 859 g/mol. The molecule has 2 aromatic carbocycles. The van der Waals surface area contributed by atoms with Gasteiger partial charge in [-0.25, -0.2) is 18.6 Å². The molecule has 4 aliphatic rings. The van der Waals surface area contributed by atoms with Gasteiger partial charge in [0.05, 0.1) is 16.6 Å². The number of rotatable bonds is 10. The number of aryl methyl sites for hydroxylation is 1. The Morgan fingerprint density at radius 2 is 1.63 bits per heavy atom. The third-order valence-electron chi connectivity index (χ3n) is 14.4. The Morgan fingerprint density at radius 1 is 0.873 bits per heavy atom. The molecule has 3 atom stereocenters. The second kappa shape index (κ2) is 18.2. The minimum Gasteiger partial charge on any atom is -0.397 e. The number of fused-ring (bicyclic) bond motifs is 1. The van der Waals surface area contributed by atoms with Crippen LogP contribution in [0.4, 0.5) is 20.2 Å². The molecular formula is C49H58F2N9O3+. The number of nitrogen functional groups attached to an aromatic ring is 1. The number of halogens is 2. The van der Waals surface area contributed by atoms with Crippen molar-refractivity contribution in [2.45, 2.75) is 82.2 Å². The van der Waals surface area contributed by atoms with Crippen molar-refractivity contribution in [3.63, 3.8) is 0 Å². The summed E-state index contributed by atoms with van der Waals surface area (Å²) in [6.07, 6.45) is 10.4. The normalized spacial score (nSPS) is 21.6. The molecule has 4 fully saturated rings. The van der Waals surface area contributed by atoms with Crippen LogP contribution in [0, 0.1) is 22.5 Å². The number of anilines is 2. The molecule has 3 N–H and O–H groups in total. The number of nitroso groups, excluding NO2 is 1. The number of carbonyl (C=O) groups is 2. The molecule has 2 amide bonds. The number of aromatic nitrogens is 3. The van der Waals surface area contributed by atoms with Crippen LogP contribution < -0.4 is 11.1 Å². The number of hydrogen-bond acceptors (Lipinski definition) is 9. The molecule has 4 saturated heterocycles. The van der Waals surface area contributed by atoms with Crippen LogP contribution in [0.3, 0.4) is 0 Å². The van der Waals surface area contributed by atoms with Crippen molar-refractivity contribution in [2.24, 2.45) is 13.0 Å². The van der Waals surface area contributed by atoms with E-state index in [1.54, 1.807) is 6.20 Å². The fourth-order valence-corrected chi connectivity index (χ4v) is 10.7. The van der Waals surface area contributed by atoms with Gasteiger partial charge < -0.3 is 25.4 Å². The number of likely N-dealkylation sites (tertiary alicyclic amines) is 3. The fraction of sp³-hybridized carbons (Fsp3) is 0.469. The maximum atomic E-state index is 15.3. The van der Waals surface area contributed by atoms with E-state index in [4.69, 9.17) is 5.73 Å². The molecular weight excluding hydrogens is 801 g/mol. The Labute approximate surface area is 367 Å². The van der Waals surface area contributed by atoms with Crippen molar-refractivity contribution in [3.05, 3.63) is 112 Å². The van der Waals surface area contributed by atoms with Crippen LogP contribution >= 0.6 is 0 Å². The van der Waals surface area contributed by atoms with Crippen molar-refractivity contribution in [1.29, 1.82) is 0 Å². The standard InChI is InChI=1S/C49H58F2N9O3/c1-31(45-28-41-40(11-18-53-47(41)56(45)2)46-43(51)26-37(52)29-54-46)58-23-15-34(16-24-58)33-5-7-36(8-6-33)48(61)59-21-12-32(13-22-59)30-57-19-3-4-35(14-20-57)39-10-9-38(27-42(39)50)55-44-17-25-60(63)49(44)62/h5-11,18,26-29,31-32,34-35,44,55H,3-4,12-17,19-25,30,52H2,1-2H3/q+1/t31-,35?,44?/m0/s1. The molecule has 2 unspecified atom stereocenters. The molecule has 0 aliphatic carbocycles. The first-order valence-corrected chi connectivity index (χ1v) is 22.8. The number of nitrogens with one attached hydrogen (secondary N) is 1. The van der Waals surface area contributed by atoms with Gasteiger partial charge in [0.1, 0.15) is 17.2 Å². The molecule has 63 heavy (non-hydrogen) atoms. The zero-order valence-electron chi connectivity index (χ0n) is 36.3. The Hall–Kier alpha value is -5.60. The van der Waals surface area contributed by atoms with Crippen molar-refractivity contribution in [1.82, 2.24) is 29.2 Å². The van der Waals surface area contributed by atoms with Gasteiger partial charge in [0.25, 0.3) is 5.91 Å². The van der Waals surface area contributed by atoms with Crippen LogP contribution in [-0.2, 0) is 11.8 Å². The Morgan fingerprint density at radius 3 is 2.35 bits per heavy atom. The number of nitrogens with zero attached hydrogens (tertiary/aromatic N) is 7. The Kier molecular flexibility index (Phi) is 12.4. The van der Waals surface area contributed by atoms with E-state index in [1.165, 1.54) is 23.9 Å². The van der Waals surface area contributed by atoms with Gasteiger partial charge in [-0.05, 0) is 143 Å². The topological polar surface area (TPSA) is 133 Å². The lowest BCUT2D eigenvalue weighted by molar-refractivity contribution is -0.453. The Bertz CT molecular complexity index is 2490. The van der Waals surface area contributed by atoms with Crippen LogP contribution in [0.1, 0.15) is 103 Å². The summed E-state index contributed by atoms with van der Waals surface area (Å²) in [7, 11) is 2.02. The molecule has 5 aromatic rings. The monoisotopic (exact) mass is 858 g/mol. The zero-order valence-corrected chi connectivity index (χ0v) is 36.3. The minimum atomic E-state index is -0.595. The highest BCUT2D eigenvalue weighted by atomic mass is 19.1. The van der Waals surface area contributed by atoms with Crippen molar-refractivity contribution >= 4 is 34.2 Å². The molecule has 14 heteroatoms. The van der Waals surface area contributed by atoms with E-state index >= 15 is 4.39 Å². The molecule has 0 saturated carbocycles. The Balaban J connectivity index is 0.731. The number of benzene rings is 2. The van der Waals surface area contributed by atoms with Crippen molar-refractivity contribution in [3.8, 4) is 11.3 Å². The van der Waals surface area contributed by atoms with E-state index in [1.807, 2.05) is 42.3 Å². The highest BCUT2D eigenvalue weighted by molar-refractivity contribution is 5.94. The second-order valence-electron chi connectivity index (χ2n) is 18.3. The molecule has 4 aliphatic heterocycles. The van der Waals surface area contributed by atoms with Crippen LogP contribution in [0.15, 0.2) is 73.1 Å². The van der Waals surface area contributed by atoms with Gasteiger partial charge >= 0.3 is 5.91 Å². The zero-order chi connectivity index (χ0) is 43.8. The van der Waals surface area contributed by atoms with Crippen LogP contribution in [0.25, 0.3) is 22.3 Å². The van der Waals surface area contributed by atoms with Gasteiger partial charge in [-0.2, -0.15) is 0 Å². The summed E-state index contributed by atoms with van der Waals surface area (Å²) in [5, 5.41) is 3.90. The molecule has 7 heterocycles. The fourth-order valence-electron chi connectivity index (χ4n) is 10.7. The molecule has 0 bridgehead atoms. The molecule has 3 aromatic heterocycles. The summed E-state index contributed by atoms with van der Waals surface area (Å²) in [5.41, 5.74) is 12.2. The van der Waals surface area contributed by atoms with Gasteiger partial charge in [-0.15, -0.1) is 0 Å². The van der Waals surface area contributed by atoms with Crippen molar-refractivity contribution in [2.75, 3.05) is 63.4 Å². The number of carbonyl (C=O) groups excluding carboxylic acids is 2. The largest absolute Gasteiger partial charge is 0.455 e. The van der Waals surface area contributed by atoms with E-state index in [2.05, 4.69) is 54.8 Å². The summed E-state index contributed by atoms with van der Waals surface area (Å²) in [6, 6.07) is 18.2. The lowest BCUT2D eigenvalue weighted by atomic mass is 9.88. The number of amides is 2. The highest BCUT2D eigenvalue weighted by Crippen LogP contribution is 2.37. The summed E-state index contributed by atoms with van der Waals surface area (Å²) in [6.45, 7) is 8.70. The molecule has 9 rings (SSSR count). The van der Waals surface area contributed by atoms with E-state index in [9.17, 15) is 18.9 Å². The molecule has 12 nitrogen and oxygen atoms in total. The van der Waals surface area contributed by atoms with Crippen LogP contribution in [0.2, 0.25) is 0 Å². The van der Waals surface area contributed by atoms with Gasteiger partial charge in [0.2, 0.25) is 6.54 Å². The number of nitrogens with two attached hydrogens (primary N) is 1. The molecule has 0 radical (unpaired) electrons. The lowest BCUT2D eigenvalue weighted by Gasteiger charge is -2.36. The van der Waals surface area contributed by atoms with E-state index in [-0.39, 0.29) is 41.6 Å². The van der Waals surface area contributed by atoms with Crippen molar-refractivity contribution < 1.29 is 23.1 Å². The van der Waals surface area contributed by atoms with Gasteiger partial charge in [-0.3, -0.25) is 14.7 Å². The van der Waals surface area contributed by atoms with Gasteiger partial charge in [0, 0.05) is 84.2 Å². The van der Waals surface area contributed by atoms with Gasteiger partial charge in [-0.1, -0.05) is 18.2 Å². The number of pyridine rings is 2. The molecule has 330 valence electrons. The first-order valence-electron chi connectivity index (χ1n) is 22.8. The highest BCUT2D eigenvalue weighted by Gasteiger charge is 2.41. The quantitative estimate of drug-likeness (QED) is 0.134.